The minimum Gasteiger partial charge on any atom is -0.493 e. The number of hydrogen-bond acceptors (Lipinski definition) is 7. The van der Waals surface area contributed by atoms with E-state index in [-0.39, 0.29) is 28.9 Å². The van der Waals surface area contributed by atoms with Crippen LogP contribution in [0.25, 0.3) is 0 Å². The van der Waals surface area contributed by atoms with Gasteiger partial charge < -0.3 is 14.6 Å². The van der Waals surface area contributed by atoms with E-state index < -0.39 is 19.9 Å². The molecule has 194 valence electrons. The predicted octanol–water partition coefficient (Wildman–Crippen LogP) is 3.55. The van der Waals surface area contributed by atoms with Crippen molar-refractivity contribution < 1.29 is 31.4 Å². The topological polar surface area (TPSA) is 110 Å². The van der Waals surface area contributed by atoms with Gasteiger partial charge in [0.25, 0.3) is 10.0 Å². The monoisotopic (exact) mass is 525 g/mol. The summed E-state index contributed by atoms with van der Waals surface area (Å²) in [6.07, 6.45) is 2.93. The molecule has 1 heterocycles. The number of aryl methyl sites for hydroxylation is 1. The molecule has 1 aliphatic heterocycles. The fourth-order valence-electron chi connectivity index (χ4n) is 4.02. The Morgan fingerprint density at radius 3 is 2.29 bits per heavy atom. The summed E-state index contributed by atoms with van der Waals surface area (Å²) in [7, 11) is -7.43. The van der Waals surface area contributed by atoms with Gasteiger partial charge in [-0.15, -0.1) is 0 Å². The Hall–Kier alpha value is -2.14. The predicted molar refractivity (Wildman–Crippen MR) is 135 cm³/mol. The molecule has 0 unspecified atom stereocenters. The van der Waals surface area contributed by atoms with E-state index in [4.69, 9.17) is 9.47 Å². The van der Waals surface area contributed by atoms with Crippen molar-refractivity contribution in [1.29, 1.82) is 0 Å². The van der Waals surface area contributed by atoms with Gasteiger partial charge in [0.15, 0.2) is 9.84 Å². The Morgan fingerprint density at radius 1 is 1.06 bits per heavy atom. The number of anilines is 1. The first kappa shape index (κ1) is 27.4. The molecule has 0 saturated carbocycles. The van der Waals surface area contributed by atoms with E-state index in [0.29, 0.717) is 48.3 Å². The zero-order chi connectivity index (χ0) is 25.8. The van der Waals surface area contributed by atoms with Crippen LogP contribution in [0.4, 0.5) is 5.69 Å². The van der Waals surface area contributed by atoms with Gasteiger partial charge >= 0.3 is 0 Å². The van der Waals surface area contributed by atoms with E-state index in [2.05, 4.69) is 0 Å². The zero-order valence-corrected chi connectivity index (χ0v) is 22.4. The lowest BCUT2D eigenvalue weighted by atomic mass is 10.0. The van der Waals surface area contributed by atoms with Crippen LogP contribution in [0.5, 0.6) is 5.75 Å². The van der Waals surface area contributed by atoms with Crippen molar-refractivity contribution in [2.24, 2.45) is 11.8 Å². The third-order valence-electron chi connectivity index (χ3n) is 6.00. The first-order valence-electron chi connectivity index (χ1n) is 11.7. The van der Waals surface area contributed by atoms with Crippen molar-refractivity contribution in [2.45, 2.75) is 50.0 Å². The summed E-state index contributed by atoms with van der Waals surface area (Å²) >= 11 is 0. The van der Waals surface area contributed by atoms with Gasteiger partial charge in [-0.1, -0.05) is 13.8 Å². The standard InChI is InChI=1S/C25H35NO7S2/c1-18(2)15-26(24-7-5-22(13-19(24)3)34(4,28)29)35(30,31)23-6-8-25(21(14-23)16-27)33-17-20-9-11-32-12-10-20/h5-8,13-14,18,20,27H,9-12,15-17H2,1-4H3. The molecule has 1 fully saturated rings. The van der Waals surface area contributed by atoms with Crippen molar-refractivity contribution in [3.8, 4) is 5.75 Å². The molecule has 0 amide bonds. The normalized spacial score (nSPS) is 15.4. The SMILES string of the molecule is Cc1cc(S(C)(=O)=O)ccc1N(CC(C)C)S(=O)(=O)c1ccc(OCC2CCOCC2)c(CO)c1. The molecule has 1 aliphatic rings. The maximum atomic E-state index is 13.8. The summed E-state index contributed by atoms with van der Waals surface area (Å²) in [5, 5.41) is 9.93. The van der Waals surface area contributed by atoms with Gasteiger partial charge in [-0.05, 0) is 73.6 Å². The molecule has 0 aromatic heterocycles. The summed E-state index contributed by atoms with van der Waals surface area (Å²) in [6, 6.07) is 8.96. The summed E-state index contributed by atoms with van der Waals surface area (Å²) in [6.45, 7) is 7.25. The fourth-order valence-corrected chi connectivity index (χ4v) is 6.47. The quantitative estimate of drug-likeness (QED) is 0.505. The lowest BCUT2D eigenvalue weighted by molar-refractivity contribution is 0.0494. The maximum absolute atomic E-state index is 13.8. The van der Waals surface area contributed by atoms with Gasteiger partial charge in [0.2, 0.25) is 0 Å². The highest BCUT2D eigenvalue weighted by Gasteiger charge is 2.28. The molecule has 1 N–H and O–H groups in total. The van der Waals surface area contributed by atoms with E-state index in [1.807, 2.05) is 13.8 Å². The van der Waals surface area contributed by atoms with Crippen molar-refractivity contribution in [3.63, 3.8) is 0 Å². The van der Waals surface area contributed by atoms with E-state index in [1.165, 1.54) is 34.6 Å². The molecular weight excluding hydrogens is 490 g/mol. The maximum Gasteiger partial charge on any atom is 0.264 e. The fraction of sp³-hybridized carbons (Fsp3) is 0.520. The molecule has 2 aromatic rings. The number of aliphatic hydroxyl groups excluding tert-OH is 1. The summed E-state index contributed by atoms with van der Waals surface area (Å²) in [5.41, 5.74) is 1.35. The summed E-state index contributed by atoms with van der Waals surface area (Å²) in [5.74, 6) is 0.832. The number of benzene rings is 2. The van der Waals surface area contributed by atoms with Gasteiger partial charge in [0.1, 0.15) is 5.75 Å². The van der Waals surface area contributed by atoms with Crippen LogP contribution in [-0.2, 0) is 31.2 Å². The van der Waals surface area contributed by atoms with Crippen LogP contribution in [0.1, 0.15) is 37.8 Å². The first-order chi connectivity index (χ1) is 16.4. The average Bonchev–Trinajstić information content (AvgIpc) is 2.81. The largest absolute Gasteiger partial charge is 0.493 e. The zero-order valence-electron chi connectivity index (χ0n) is 20.7. The van der Waals surface area contributed by atoms with E-state index >= 15 is 0 Å². The molecule has 0 spiro atoms. The second-order valence-corrected chi connectivity index (χ2v) is 13.3. The molecule has 8 nitrogen and oxygen atoms in total. The number of aliphatic hydroxyl groups is 1. The Balaban J connectivity index is 1.94. The van der Waals surface area contributed by atoms with Crippen LogP contribution < -0.4 is 9.04 Å². The average molecular weight is 526 g/mol. The van der Waals surface area contributed by atoms with E-state index in [1.54, 1.807) is 13.0 Å². The Bertz CT molecular complexity index is 1230. The van der Waals surface area contributed by atoms with Crippen LogP contribution in [-0.4, -0.2) is 54.6 Å². The van der Waals surface area contributed by atoms with Crippen LogP contribution in [0, 0.1) is 18.8 Å². The van der Waals surface area contributed by atoms with Gasteiger partial charge in [0.05, 0.1) is 28.7 Å². The van der Waals surface area contributed by atoms with Gasteiger partial charge in [-0.2, -0.15) is 0 Å². The highest BCUT2D eigenvalue weighted by molar-refractivity contribution is 7.92. The number of ether oxygens (including phenoxy) is 2. The summed E-state index contributed by atoms with van der Waals surface area (Å²) < 4.78 is 64.0. The van der Waals surface area contributed by atoms with Crippen molar-refractivity contribution in [3.05, 3.63) is 47.5 Å². The minimum absolute atomic E-state index is 0.0122. The highest BCUT2D eigenvalue weighted by Crippen LogP contribution is 2.32. The smallest absolute Gasteiger partial charge is 0.264 e. The molecule has 3 rings (SSSR count). The molecule has 2 aromatic carbocycles. The van der Waals surface area contributed by atoms with Gasteiger partial charge in [0, 0.05) is 31.6 Å². The number of hydrogen-bond donors (Lipinski definition) is 1. The molecule has 0 radical (unpaired) electrons. The van der Waals surface area contributed by atoms with Gasteiger partial charge in [-0.3, -0.25) is 4.31 Å². The lowest BCUT2D eigenvalue weighted by Crippen LogP contribution is -2.35. The van der Waals surface area contributed by atoms with Crippen LogP contribution in [0.15, 0.2) is 46.2 Å². The third kappa shape index (κ3) is 6.75. The number of rotatable bonds is 10. The molecule has 1 saturated heterocycles. The first-order valence-corrected chi connectivity index (χ1v) is 15.0. The molecule has 35 heavy (non-hydrogen) atoms. The number of sulfone groups is 1. The van der Waals surface area contributed by atoms with Crippen LogP contribution >= 0.6 is 0 Å². The Morgan fingerprint density at radius 2 is 1.71 bits per heavy atom. The molecule has 0 atom stereocenters. The van der Waals surface area contributed by atoms with E-state index in [9.17, 15) is 21.9 Å². The van der Waals surface area contributed by atoms with Crippen LogP contribution in [0.2, 0.25) is 0 Å². The molecular formula is C25H35NO7S2. The van der Waals surface area contributed by atoms with Crippen molar-refractivity contribution in [2.75, 3.05) is 36.9 Å². The van der Waals surface area contributed by atoms with Crippen molar-refractivity contribution >= 4 is 25.5 Å². The number of sulfonamides is 1. The molecule has 10 heteroatoms. The Kier molecular flexibility index (Phi) is 8.85. The van der Waals surface area contributed by atoms with Crippen LogP contribution in [0.3, 0.4) is 0 Å². The highest BCUT2D eigenvalue weighted by atomic mass is 32.2. The summed E-state index contributed by atoms with van der Waals surface area (Å²) in [4.78, 5) is 0.168. The molecule has 0 bridgehead atoms. The third-order valence-corrected chi connectivity index (χ3v) is 8.89. The Labute approximate surface area is 208 Å². The second kappa shape index (κ2) is 11.3. The second-order valence-electron chi connectivity index (χ2n) is 9.44. The van der Waals surface area contributed by atoms with E-state index in [0.717, 1.165) is 19.1 Å². The minimum atomic E-state index is -4.00. The molecule has 0 aliphatic carbocycles. The van der Waals surface area contributed by atoms with Crippen molar-refractivity contribution in [1.82, 2.24) is 0 Å². The lowest BCUT2D eigenvalue weighted by Gasteiger charge is -2.28. The van der Waals surface area contributed by atoms with Gasteiger partial charge in [-0.25, -0.2) is 16.8 Å². The number of nitrogens with zero attached hydrogens (tertiary/aromatic N) is 1.